The molecule has 0 radical (unpaired) electrons. The normalized spacial score (nSPS) is 12.7. The molecule has 0 aliphatic heterocycles. The van der Waals surface area contributed by atoms with Crippen LogP contribution in [0.4, 0.5) is 0 Å². The van der Waals surface area contributed by atoms with Gasteiger partial charge in [-0.05, 0) is 26.0 Å². The van der Waals surface area contributed by atoms with Gasteiger partial charge >= 0.3 is 11.9 Å². The largest absolute Gasteiger partial charge is 0.465 e. The maximum atomic E-state index is 12.8. The van der Waals surface area contributed by atoms with Crippen molar-refractivity contribution >= 4 is 17.7 Å². The molecule has 6 nitrogen and oxygen atoms in total. The van der Waals surface area contributed by atoms with Crippen LogP contribution in [0.5, 0.6) is 0 Å². The number of aromatic nitrogens is 1. The summed E-state index contributed by atoms with van der Waals surface area (Å²) in [6.45, 7) is 3.19. The molecule has 1 aromatic carbocycles. The Kier molecular flexibility index (Phi) is 6.39. The van der Waals surface area contributed by atoms with E-state index in [2.05, 4.69) is 4.98 Å². The van der Waals surface area contributed by atoms with E-state index in [1.165, 1.54) is 13.1 Å². The molecule has 0 saturated carbocycles. The van der Waals surface area contributed by atoms with E-state index in [1.807, 2.05) is 0 Å². The van der Waals surface area contributed by atoms with Gasteiger partial charge in [-0.2, -0.15) is 0 Å². The number of hydrogen-bond donors (Lipinski definition) is 0. The fourth-order valence-electron chi connectivity index (χ4n) is 2.14. The summed E-state index contributed by atoms with van der Waals surface area (Å²) in [4.78, 5) is 40.7. The van der Waals surface area contributed by atoms with Gasteiger partial charge < -0.3 is 9.47 Å². The number of hydrogen-bond acceptors (Lipinski definition) is 6. The second kappa shape index (κ2) is 8.73. The van der Waals surface area contributed by atoms with Crippen molar-refractivity contribution in [3.63, 3.8) is 0 Å². The van der Waals surface area contributed by atoms with Crippen molar-refractivity contribution in [2.24, 2.45) is 5.92 Å². The molecule has 0 spiro atoms. The second-order valence-corrected chi connectivity index (χ2v) is 5.31. The number of ketones is 1. The molecule has 2 aromatic rings. The van der Waals surface area contributed by atoms with E-state index in [0.717, 1.165) is 0 Å². The van der Waals surface area contributed by atoms with Crippen LogP contribution in [-0.2, 0) is 19.1 Å². The van der Waals surface area contributed by atoms with Crippen LogP contribution in [0.1, 0.15) is 35.9 Å². The lowest BCUT2D eigenvalue weighted by Crippen LogP contribution is -2.29. The first kappa shape index (κ1) is 18.3. The van der Waals surface area contributed by atoms with E-state index < -0.39 is 29.7 Å². The Hall–Kier alpha value is -3.02. The van der Waals surface area contributed by atoms with Gasteiger partial charge in [0.25, 0.3) is 0 Å². The lowest BCUT2D eigenvalue weighted by molar-refractivity contribution is -0.163. The minimum absolute atomic E-state index is 0.160. The average Bonchev–Trinajstić information content (AvgIpc) is 2.66. The highest BCUT2D eigenvalue weighted by Crippen LogP contribution is 2.23. The molecule has 0 aliphatic rings. The standard InChI is InChI=1S/C19H19NO5/c1-3-24-18(22)13(2)19(23)25-17(14-8-5-4-6-9-14)16(21)15-10-7-11-20-12-15/h4-13,17H,3H2,1-2H3. The Morgan fingerprint density at radius 3 is 2.36 bits per heavy atom. The summed E-state index contributed by atoms with van der Waals surface area (Å²) in [7, 11) is 0. The Balaban J connectivity index is 2.25. The van der Waals surface area contributed by atoms with Crippen molar-refractivity contribution in [2.45, 2.75) is 20.0 Å². The van der Waals surface area contributed by atoms with E-state index in [1.54, 1.807) is 55.6 Å². The molecule has 2 unspecified atom stereocenters. The van der Waals surface area contributed by atoms with Crippen LogP contribution in [0.2, 0.25) is 0 Å². The number of esters is 2. The van der Waals surface area contributed by atoms with Crippen molar-refractivity contribution in [3.8, 4) is 0 Å². The Morgan fingerprint density at radius 2 is 1.76 bits per heavy atom. The third kappa shape index (κ3) is 4.73. The molecule has 2 rings (SSSR count). The fourth-order valence-corrected chi connectivity index (χ4v) is 2.14. The second-order valence-electron chi connectivity index (χ2n) is 5.31. The van der Waals surface area contributed by atoms with Crippen LogP contribution in [0, 0.1) is 5.92 Å². The molecule has 130 valence electrons. The van der Waals surface area contributed by atoms with Crippen LogP contribution < -0.4 is 0 Å². The average molecular weight is 341 g/mol. The highest BCUT2D eigenvalue weighted by Gasteiger charge is 2.31. The maximum absolute atomic E-state index is 12.8. The van der Waals surface area contributed by atoms with Gasteiger partial charge in [0.2, 0.25) is 5.78 Å². The van der Waals surface area contributed by atoms with E-state index >= 15 is 0 Å². The van der Waals surface area contributed by atoms with Crippen LogP contribution in [0.15, 0.2) is 54.9 Å². The van der Waals surface area contributed by atoms with E-state index in [-0.39, 0.29) is 6.61 Å². The predicted molar refractivity (Wildman–Crippen MR) is 89.6 cm³/mol. The molecule has 1 heterocycles. The highest BCUT2D eigenvalue weighted by molar-refractivity contribution is 6.02. The van der Waals surface area contributed by atoms with Crippen LogP contribution >= 0.6 is 0 Å². The molecule has 0 amide bonds. The summed E-state index contributed by atoms with van der Waals surface area (Å²) < 4.78 is 10.2. The number of benzene rings is 1. The number of pyridine rings is 1. The van der Waals surface area contributed by atoms with Crippen molar-refractivity contribution in [1.29, 1.82) is 0 Å². The van der Waals surface area contributed by atoms with Gasteiger partial charge in [0, 0.05) is 23.5 Å². The van der Waals surface area contributed by atoms with E-state index in [4.69, 9.17) is 9.47 Å². The number of nitrogens with zero attached hydrogens (tertiary/aromatic N) is 1. The molecule has 0 bridgehead atoms. The van der Waals surface area contributed by atoms with Crippen LogP contribution in [0.3, 0.4) is 0 Å². The Labute approximate surface area is 145 Å². The number of carbonyl (C=O) groups is 3. The topological polar surface area (TPSA) is 82.6 Å². The van der Waals surface area contributed by atoms with E-state index in [9.17, 15) is 14.4 Å². The van der Waals surface area contributed by atoms with Gasteiger partial charge in [-0.3, -0.25) is 19.4 Å². The third-order valence-electron chi connectivity index (χ3n) is 3.51. The smallest absolute Gasteiger partial charge is 0.321 e. The zero-order valence-electron chi connectivity index (χ0n) is 14.0. The third-order valence-corrected chi connectivity index (χ3v) is 3.51. The van der Waals surface area contributed by atoms with Crippen LogP contribution in [-0.4, -0.2) is 29.3 Å². The summed E-state index contributed by atoms with van der Waals surface area (Å²) in [6, 6.07) is 11.8. The van der Waals surface area contributed by atoms with Gasteiger partial charge in [-0.25, -0.2) is 0 Å². The van der Waals surface area contributed by atoms with Crippen molar-refractivity contribution in [3.05, 3.63) is 66.0 Å². The molecule has 0 N–H and O–H groups in total. The minimum atomic E-state index is -1.16. The number of carbonyl (C=O) groups excluding carboxylic acids is 3. The molecule has 6 heteroatoms. The van der Waals surface area contributed by atoms with Gasteiger partial charge in [0.1, 0.15) is 0 Å². The molecular formula is C19H19NO5. The molecular weight excluding hydrogens is 322 g/mol. The minimum Gasteiger partial charge on any atom is -0.465 e. The monoisotopic (exact) mass is 341 g/mol. The first-order chi connectivity index (χ1) is 12.0. The summed E-state index contributed by atoms with van der Waals surface area (Å²) in [5.74, 6) is -3.03. The zero-order valence-corrected chi connectivity index (χ0v) is 14.0. The fraction of sp³-hybridized carbons (Fsp3) is 0.263. The van der Waals surface area contributed by atoms with Gasteiger partial charge in [0.15, 0.2) is 12.0 Å². The SMILES string of the molecule is CCOC(=O)C(C)C(=O)OC(C(=O)c1cccnc1)c1ccccc1. The van der Waals surface area contributed by atoms with E-state index in [0.29, 0.717) is 11.1 Å². The zero-order chi connectivity index (χ0) is 18.2. The summed E-state index contributed by atoms with van der Waals surface area (Å²) in [5.41, 5.74) is 0.828. The number of Topliss-reactive ketones (excluding diaryl/α,β-unsaturated/α-hetero) is 1. The van der Waals surface area contributed by atoms with Gasteiger partial charge in [-0.1, -0.05) is 30.3 Å². The predicted octanol–water partition coefficient (Wildman–Crippen LogP) is 2.75. The van der Waals surface area contributed by atoms with Gasteiger partial charge in [-0.15, -0.1) is 0 Å². The van der Waals surface area contributed by atoms with Gasteiger partial charge in [0.05, 0.1) is 6.61 Å². The lowest BCUT2D eigenvalue weighted by Gasteiger charge is -2.19. The molecule has 0 saturated heterocycles. The Morgan fingerprint density at radius 1 is 1.04 bits per heavy atom. The van der Waals surface area contributed by atoms with Crippen molar-refractivity contribution in [2.75, 3.05) is 6.61 Å². The quantitative estimate of drug-likeness (QED) is 0.437. The Bertz CT molecular complexity index is 730. The number of rotatable bonds is 7. The van der Waals surface area contributed by atoms with Crippen LogP contribution in [0.25, 0.3) is 0 Å². The highest BCUT2D eigenvalue weighted by atomic mass is 16.6. The molecule has 0 fully saturated rings. The molecule has 2 atom stereocenters. The summed E-state index contributed by atoms with van der Waals surface area (Å²) in [6.07, 6.45) is 1.79. The molecule has 25 heavy (non-hydrogen) atoms. The lowest BCUT2D eigenvalue weighted by atomic mass is 10.0. The molecule has 1 aromatic heterocycles. The van der Waals surface area contributed by atoms with Crippen molar-refractivity contribution < 1.29 is 23.9 Å². The van der Waals surface area contributed by atoms with Crippen molar-refractivity contribution in [1.82, 2.24) is 4.98 Å². The summed E-state index contributed by atoms with van der Waals surface area (Å²) in [5, 5.41) is 0. The maximum Gasteiger partial charge on any atom is 0.321 e. The first-order valence-corrected chi connectivity index (χ1v) is 7.91. The first-order valence-electron chi connectivity index (χ1n) is 7.91. The molecule has 0 aliphatic carbocycles. The summed E-state index contributed by atoms with van der Waals surface area (Å²) >= 11 is 0. The number of ether oxygens (including phenoxy) is 2.